The van der Waals surface area contributed by atoms with E-state index in [0.29, 0.717) is 0 Å². The third-order valence-electron chi connectivity index (χ3n) is 2.64. The molecule has 5 nitrogen and oxygen atoms in total. The maximum Gasteiger partial charge on any atom is 0.315 e. The van der Waals surface area contributed by atoms with Gasteiger partial charge in [-0.25, -0.2) is 0 Å². The van der Waals surface area contributed by atoms with Crippen LogP contribution in [0.1, 0.15) is 18.1 Å². The van der Waals surface area contributed by atoms with Crippen molar-refractivity contribution in [3.8, 4) is 0 Å². The van der Waals surface area contributed by atoms with E-state index in [1.165, 1.54) is 6.92 Å². The Hall–Kier alpha value is -0.726. The molecule has 1 aromatic carbocycles. The molecule has 0 unspecified atom stereocenters. The molecule has 0 radical (unpaired) electrons. The zero-order chi connectivity index (χ0) is 18.6. The van der Waals surface area contributed by atoms with E-state index in [0.717, 1.165) is 11.1 Å². The van der Waals surface area contributed by atoms with Crippen molar-refractivity contribution in [1.82, 2.24) is 0 Å². The van der Waals surface area contributed by atoms with Crippen molar-refractivity contribution >= 4 is 30.2 Å². The highest BCUT2D eigenvalue weighted by Crippen LogP contribution is 2.55. The van der Waals surface area contributed by atoms with Gasteiger partial charge in [0.2, 0.25) is 0 Å². The van der Waals surface area contributed by atoms with Gasteiger partial charge in [0.25, 0.3) is 0 Å². The van der Waals surface area contributed by atoms with Crippen LogP contribution < -0.4 is 0 Å². The van der Waals surface area contributed by atoms with E-state index < -0.39 is 24.2 Å². The van der Waals surface area contributed by atoms with Crippen LogP contribution in [0.15, 0.2) is 24.3 Å². The second kappa shape index (κ2) is 8.10. The summed E-state index contributed by atoms with van der Waals surface area (Å²) in [6.07, 6.45) is 0.232. The summed E-state index contributed by atoms with van der Waals surface area (Å²) in [7, 11) is -7.28. The lowest BCUT2D eigenvalue weighted by molar-refractivity contribution is -0.142. The summed E-state index contributed by atoms with van der Waals surface area (Å²) in [6.45, 7) is 13.6. The standard InChI is InChI=1S/C16H29O5PSi2/c1-14(17)19-12-15-9-8-10-16(11-15)13-22(18,20-23(2,3)4)21-24(5,6)7/h8-11H,12-13H2,1-7H3. The van der Waals surface area contributed by atoms with Crippen LogP contribution in [0.25, 0.3) is 0 Å². The van der Waals surface area contributed by atoms with Gasteiger partial charge in [0, 0.05) is 6.92 Å². The first kappa shape index (κ1) is 21.3. The van der Waals surface area contributed by atoms with E-state index in [-0.39, 0.29) is 18.7 Å². The zero-order valence-electron chi connectivity index (χ0n) is 15.7. The fraction of sp³-hybridized carbons (Fsp3) is 0.562. The summed E-state index contributed by atoms with van der Waals surface area (Å²) in [5.74, 6) is -0.324. The molecule has 136 valence electrons. The van der Waals surface area contributed by atoms with E-state index in [4.69, 9.17) is 13.2 Å². The molecule has 0 spiro atoms. The van der Waals surface area contributed by atoms with Crippen LogP contribution in [0.4, 0.5) is 0 Å². The minimum absolute atomic E-state index is 0.206. The molecule has 0 amide bonds. The average Bonchev–Trinajstić information content (AvgIpc) is 2.31. The smallest absolute Gasteiger partial charge is 0.315 e. The van der Waals surface area contributed by atoms with Crippen molar-refractivity contribution in [3.05, 3.63) is 35.4 Å². The van der Waals surface area contributed by atoms with Gasteiger partial charge in [0.15, 0.2) is 16.6 Å². The second-order valence-electron chi connectivity index (χ2n) is 7.78. The van der Waals surface area contributed by atoms with Crippen LogP contribution in [0.5, 0.6) is 0 Å². The van der Waals surface area contributed by atoms with Gasteiger partial charge >= 0.3 is 13.6 Å². The van der Waals surface area contributed by atoms with E-state index in [2.05, 4.69) is 0 Å². The van der Waals surface area contributed by atoms with Crippen LogP contribution in [0.3, 0.4) is 0 Å². The summed E-state index contributed by atoms with van der Waals surface area (Å²) in [5, 5.41) is 0. The second-order valence-corrected chi connectivity index (χ2v) is 19.2. The van der Waals surface area contributed by atoms with Crippen molar-refractivity contribution < 1.29 is 22.5 Å². The SMILES string of the molecule is CC(=O)OCc1cccc(CP(=O)(O[Si](C)(C)C)O[Si](C)(C)C)c1. The lowest BCUT2D eigenvalue weighted by Gasteiger charge is -2.31. The van der Waals surface area contributed by atoms with Crippen molar-refractivity contribution in [2.24, 2.45) is 0 Å². The topological polar surface area (TPSA) is 61.8 Å². The van der Waals surface area contributed by atoms with Gasteiger partial charge < -0.3 is 13.2 Å². The number of rotatable bonds is 8. The lowest BCUT2D eigenvalue weighted by Crippen LogP contribution is -2.30. The molecule has 0 atom stereocenters. The Morgan fingerprint density at radius 3 is 1.96 bits per heavy atom. The summed E-state index contributed by atoms with van der Waals surface area (Å²) in [5.41, 5.74) is 1.72. The van der Waals surface area contributed by atoms with Crippen molar-refractivity contribution in [2.75, 3.05) is 0 Å². The number of hydrogen-bond acceptors (Lipinski definition) is 5. The molecule has 8 heteroatoms. The monoisotopic (exact) mass is 388 g/mol. The van der Waals surface area contributed by atoms with E-state index in [1.807, 2.05) is 63.5 Å². The number of carbonyl (C=O) groups excluding carboxylic acids is 1. The maximum absolute atomic E-state index is 13.3. The van der Waals surface area contributed by atoms with Crippen LogP contribution in [-0.2, 0) is 35.3 Å². The third-order valence-corrected chi connectivity index (χ3v) is 10.00. The largest absolute Gasteiger partial charge is 0.461 e. The third kappa shape index (κ3) is 8.94. The predicted octanol–water partition coefficient (Wildman–Crippen LogP) is 5.15. The molecule has 0 saturated heterocycles. The van der Waals surface area contributed by atoms with Gasteiger partial charge in [-0.15, -0.1) is 0 Å². The van der Waals surface area contributed by atoms with Crippen molar-refractivity contribution in [3.63, 3.8) is 0 Å². The fourth-order valence-electron chi connectivity index (χ4n) is 2.14. The van der Waals surface area contributed by atoms with E-state index in [9.17, 15) is 9.36 Å². The maximum atomic E-state index is 13.3. The van der Waals surface area contributed by atoms with Gasteiger partial charge in [-0.1, -0.05) is 24.3 Å². The molecule has 0 fully saturated rings. The first-order valence-corrected chi connectivity index (χ1v) is 16.5. The first-order chi connectivity index (χ1) is 10.8. The molecule has 0 aliphatic rings. The molecule has 0 aliphatic heterocycles. The van der Waals surface area contributed by atoms with Gasteiger partial charge in [-0.2, -0.15) is 0 Å². The molecule has 0 aliphatic carbocycles. The Bertz CT molecular complexity index is 600. The summed E-state index contributed by atoms with van der Waals surface area (Å²) in [6, 6.07) is 7.51. The number of benzene rings is 1. The quantitative estimate of drug-likeness (QED) is 0.350. The zero-order valence-corrected chi connectivity index (χ0v) is 18.6. The number of hydrogen-bond donors (Lipinski definition) is 0. The number of carbonyl (C=O) groups is 1. The Balaban J connectivity index is 2.99. The molecule has 0 N–H and O–H groups in total. The van der Waals surface area contributed by atoms with Crippen LogP contribution in [-0.4, -0.2) is 22.6 Å². The molecule has 1 aromatic rings. The van der Waals surface area contributed by atoms with E-state index in [1.54, 1.807) is 0 Å². The highest BCUT2D eigenvalue weighted by molar-refractivity contribution is 7.56. The Kier molecular flexibility index (Phi) is 7.20. The molecular formula is C16H29O5PSi2. The Morgan fingerprint density at radius 1 is 1.00 bits per heavy atom. The van der Waals surface area contributed by atoms with Gasteiger partial charge in [-0.3, -0.25) is 9.36 Å². The van der Waals surface area contributed by atoms with Gasteiger partial charge in [-0.05, 0) is 50.4 Å². The number of esters is 1. The van der Waals surface area contributed by atoms with Gasteiger partial charge in [0.1, 0.15) is 6.61 Å². The molecule has 24 heavy (non-hydrogen) atoms. The van der Waals surface area contributed by atoms with Crippen LogP contribution in [0.2, 0.25) is 39.3 Å². The summed E-state index contributed by atoms with van der Waals surface area (Å²) < 4.78 is 30.3. The first-order valence-electron chi connectivity index (χ1n) is 8.00. The van der Waals surface area contributed by atoms with Gasteiger partial charge in [0.05, 0.1) is 6.16 Å². The van der Waals surface area contributed by atoms with Crippen molar-refractivity contribution in [1.29, 1.82) is 0 Å². The highest BCUT2D eigenvalue weighted by Gasteiger charge is 2.36. The van der Waals surface area contributed by atoms with E-state index >= 15 is 0 Å². The molecule has 0 saturated carbocycles. The molecule has 0 bridgehead atoms. The minimum Gasteiger partial charge on any atom is -0.461 e. The highest BCUT2D eigenvalue weighted by atomic mass is 31.2. The molecule has 1 rings (SSSR count). The predicted molar refractivity (Wildman–Crippen MR) is 102 cm³/mol. The number of ether oxygens (including phenoxy) is 1. The Morgan fingerprint density at radius 2 is 1.50 bits per heavy atom. The van der Waals surface area contributed by atoms with Crippen LogP contribution >= 0.6 is 7.60 Å². The normalized spacial score (nSPS) is 13.0. The summed E-state index contributed by atoms with van der Waals surface area (Å²) >= 11 is 0. The molecular weight excluding hydrogens is 359 g/mol. The minimum atomic E-state index is -3.23. The lowest BCUT2D eigenvalue weighted by atomic mass is 10.1. The summed E-state index contributed by atoms with van der Waals surface area (Å²) in [4.78, 5) is 10.9. The van der Waals surface area contributed by atoms with Crippen molar-refractivity contribution in [2.45, 2.75) is 59.0 Å². The molecule has 0 heterocycles. The fourth-order valence-corrected chi connectivity index (χ4v) is 10.5. The van der Waals surface area contributed by atoms with Crippen LogP contribution in [0, 0.1) is 0 Å². The molecule has 0 aromatic heterocycles. The Labute approximate surface area is 147 Å². The average molecular weight is 389 g/mol.